The molecular formula is C31H56O6. The first-order valence-corrected chi connectivity index (χ1v) is 15.2. The number of hydrogen-bond donors (Lipinski definition) is 0. The molecule has 216 valence electrons. The zero-order chi connectivity index (χ0) is 27.1. The van der Waals surface area contributed by atoms with Crippen LogP contribution in [0.25, 0.3) is 0 Å². The molecule has 1 aromatic rings. The lowest BCUT2D eigenvalue weighted by atomic mass is 10.0. The lowest BCUT2D eigenvalue weighted by Crippen LogP contribution is -2.11. The van der Waals surface area contributed by atoms with Gasteiger partial charge in [-0.05, 0) is 47.5 Å². The van der Waals surface area contributed by atoms with Crippen molar-refractivity contribution >= 4 is 0 Å². The van der Waals surface area contributed by atoms with E-state index >= 15 is 0 Å². The fourth-order valence-electron chi connectivity index (χ4n) is 4.56. The van der Waals surface area contributed by atoms with Crippen LogP contribution in [0.1, 0.15) is 131 Å². The standard InChI is InChI=1S/C31H56O6/c1-7-13-14-15-16-17-18-19-20-21-22-23-24-25-26-27(32-8-2)29(33-9-3)31(35-11-5)30(34-10-4)28(26)37-36-12-6/h7-25H2,1-6H3. The molecule has 6 heteroatoms. The molecule has 0 spiro atoms. The molecule has 0 N–H and O–H groups in total. The smallest absolute Gasteiger partial charge is 0.218 e. The average molecular weight is 525 g/mol. The van der Waals surface area contributed by atoms with Crippen LogP contribution in [-0.2, 0) is 11.3 Å². The van der Waals surface area contributed by atoms with Gasteiger partial charge in [-0.25, -0.2) is 0 Å². The van der Waals surface area contributed by atoms with E-state index in [0.717, 1.165) is 24.8 Å². The van der Waals surface area contributed by atoms with Gasteiger partial charge in [-0.2, -0.15) is 4.89 Å². The summed E-state index contributed by atoms with van der Waals surface area (Å²) in [6.07, 6.45) is 18.0. The van der Waals surface area contributed by atoms with Crippen molar-refractivity contribution in [2.45, 2.75) is 131 Å². The van der Waals surface area contributed by atoms with Crippen LogP contribution in [0.5, 0.6) is 28.7 Å². The van der Waals surface area contributed by atoms with Crippen molar-refractivity contribution in [3.63, 3.8) is 0 Å². The molecule has 0 radical (unpaired) electrons. The molecule has 1 aromatic carbocycles. The maximum Gasteiger partial charge on any atom is 0.218 e. The Morgan fingerprint density at radius 3 is 1.19 bits per heavy atom. The number of benzene rings is 1. The molecule has 0 atom stereocenters. The maximum absolute atomic E-state index is 6.13. The van der Waals surface area contributed by atoms with Crippen LogP contribution in [0.15, 0.2) is 0 Å². The molecule has 0 heterocycles. The molecule has 0 bridgehead atoms. The molecule has 1 rings (SSSR count). The Morgan fingerprint density at radius 2 is 0.757 bits per heavy atom. The van der Waals surface area contributed by atoms with Gasteiger partial charge in [0.05, 0.1) is 33.0 Å². The zero-order valence-corrected chi connectivity index (χ0v) is 24.9. The minimum atomic E-state index is 0.422. The highest BCUT2D eigenvalue weighted by Gasteiger charge is 2.30. The van der Waals surface area contributed by atoms with E-state index in [1.54, 1.807) is 0 Å². The van der Waals surface area contributed by atoms with Crippen molar-refractivity contribution in [2.24, 2.45) is 0 Å². The Morgan fingerprint density at radius 1 is 0.378 bits per heavy atom. The fourth-order valence-corrected chi connectivity index (χ4v) is 4.56. The van der Waals surface area contributed by atoms with Gasteiger partial charge in [-0.15, -0.1) is 0 Å². The van der Waals surface area contributed by atoms with E-state index in [1.165, 1.54) is 70.6 Å². The summed E-state index contributed by atoms with van der Waals surface area (Å²) in [7, 11) is 0. The van der Waals surface area contributed by atoms with E-state index in [9.17, 15) is 0 Å². The molecule has 37 heavy (non-hydrogen) atoms. The number of unbranched alkanes of at least 4 members (excludes halogenated alkanes) is 12. The van der Waals surface area contributed by atoms with Crippen molar-refractivity contribution in [2.75, 3.05) is 33.0 Å². The zero-order valence-electron chi connectivity index (χ0n) is 24.9. The summed E-state index contributed by atoms with van der Waals surface area (Å²) in [5.41, 5.74) is 0.925. The predicted octanol–water partition coefficient (Wildman–Crippen LogP) is 9.25. The predicted molar refractivity (Wildman–Crippen MR) is 153 cm³/mol. The van der Waals surface area contributed by atoms with Gasteiger partial charge in [0.25, 0.3) is 0 Å². The lowest BCUT2D eigenvalue weighted by molar-refractivity contribution is -0.203. The second-order valence-electron chi connectivity index (χ2n) is 9.34. The van der Waals surface area contributed by atoms with Crippen LogP contribution in [0.2, 0.25) is 0 Å². The normalized spacial score (nSPS) is 11.0. The molecule has 0 aromatic heterocycles. The SMILES string of the molecule is CCCCCCCCCCCCCCCc1c(OCC)c(OCC)c(OCC)c(OCC)c1OOCC. The molecule has 0 amide bonds. The van der Waals surface area contributed by atoms with Crippen LogP contribution >= 0.6 is 0 Å². The van der Waals surface area contributed by atoms with Gasteiger partial charge in [0.15, 0.2) is 5.75 Å². The molecular weight excluding hydrogens is 468 g/mol. The first kappa shape index (κ1) is 33.2. The first-order chi connectivity index (χ1) is 18.2. The number of ether oxygens (including phenoxy) is 4. The number of rotatable bonds is 25. The molecule has 0 aliphatic rings. The van der Waals surface area contributed by atoms with E-state index in [0.29, 0.717) is 61.8 Å². The summed E-state index contributed by atoms with van der Waals surface area (Å²) in [4.78, 5) is 11.2. The molecule has 0 fully saturated rings. The minimum absolute atomic E-state index is 0.422. The van der Waals surface area contributed by atoms with E-state index in [4.69, 9.17) is 28.7 Å². The quantitative estimate of drug-likeness (QED) is 0.0721. The fraction of sp³-hybridized carbons (Fsp3) is 0.806. The highest BCUT2D eigenvalue weighted by atomic mass is 17.2. The van der Waals surface area contributed by atoms with Gasteiger partial charge in [0.1, 0.15) is 0 Å². The third-order valence-corrected chi connectivity index (χ3v) is 6.32. The Bertz CT molecular complexity index is 691. The van der Waals surface area contributed by atoms with Gasteiger partial charge in [0.2, 0.25) is 23.0 Å². The molecule has 0 saturated heterocycles. The van der Waals surface area contributed by atoms with Gasteiger partial charge < -0.3 is 23.8 Å². The second-order valence-corrected chi connectivity index (χ2v) is 9.34. The van der Waals surface area contributed by atoms with E-state index < -0.39 is 0 Å². The Kier molecular flexibility index (Phi) is 19.9. The van der Waals surface area contributed by atoms with Crippen molar-refractivity contribution < 1.29 is 28.7 Å². The maximum atomic E-state index is 6.13. The van der Waals surface area contributed by atoms with Crippen LogP contribution in [-0.4, -0.2) is 33.0 Å². The van der Waals surface area contributed by atoms with Crippen molar-refractivity contribution in [3.05, 3.63) is 5.56 Å². The van der Waals surface area contributed by atoms with Gasteiger partial charge in [-0.3, -0.25) is 0 Å². The van der Waals surface area contributed by atoms with Crippen LogP contribution < -0.4 is 23.8 Å². The van der Waals surface area contributed by atoms with Gasteiger partial charge >= 0.3 is 0 Å². The molecule has 0 saturated carbocycles. The third kappa shape index (κ3) is 12.5. The summed E-state index contributed by atoms with van der Waals surface area (Å²) < 4.78 is 24.2. The first-order valence-electron chi connectivity index (χ1n) is 15.2. The van der Waals surface area contributed by atoms with Crippen molar-refractivity contribution in [3.8, 4) is 28.7 Å². The Hall–Kier alpha value is -1.82. The monoisotopic (exact) mass is 524 g/mol. The lowest BCUT2D eigenvalue weighted by Gasteiger charge is -2.24. The molecule has 0 aliphatic heterocycles. The summed E-state index contributed by atoms with van der Waals surface area (Å²) in [5, 5.41) is 0. The van der Waals surface area contributed by atoms with Crippen LogP contribution in [0.3, 0.4) is 0 Å². The van der Waals surface area contributed by atoms with Crippen molar-refractivity contribution in [1.29, 1.82) is 0 Å². The van der Waals surface area contributed by atoms with E-state index in [1.807, 2.05) is 34.6 Å². The summed E-state index contributed by atoms with van der Waals surface area (Å²) in [6, 6.07) is 0. The van der Waals surface area contributed by atoms with Crippen LogP contribution in [0.4, 0.5) is 0 Å². The minimum Gasteiger partial charge on any atom is -0.489 e. The van der Waals surface area contributed by atoms with E-state index in [2.05, 4.69) is 6.92 Å². The largest absolute Gasteiger partial charge is 0.489 e. The molecule has 6 nitrogen and oxygen atoms in total. The summed E-state index contributed by atoms with van der Waals surface area (Å²) in [6.45, 7) is 14.4. The highest BCUT2D eigenvalue weighted by Crippen LogP contribution is 2.54. The number of hydrogen-bond acceptors (Lipinski definition) is 6. The summed E-state index contributed by atoms with van der Waals surface area (Å²) >= 11 is 0. The van der Waals surface area contributed by atoms with Gasteiger partial charge in [-0.1, -0.05) is 84.0 Å². The Labute approximate surface area is 227 Å². The van der Waals surface area contributed by atoms with Gasteiger partial charge in [0, 0.05) is 5.56 Å². The van der Waals surface area contributed by atoms with Crippen LogP contribution in [0, 0.1) is 0 Å². The Balaban J connectivity index is 2.83. The molecule has 0 unspecified atom stereocenters. The highest BCUT2D eigenvalue weighted by molar-refractivity contribution is 5.70. The third-order valence-electron chi connectivity index (χ3n) is 6.32. The van der Waals surface area contributed by atoms with E-state index in [-0.39, 0.29) is 0 Å². The second kappa shape index (κ2) is 22.2. The summed E-state index contributed by atoms with van der Waals surface area (Å²) in [5.74, 6) is 2.83. The van der Waals surface area contributed by atoms with Crippen molar-refractivity contribution in [1.82, 2.24) is 0 Å². The topological polar surface area (TPSA) is 55.4 Å². The molecule has 0 aliphatic carbocycles. The average Bonchev–Trinajstić information content (AvgIpc) is 2.90.